The molecule has 1 fully saturated rings. The smallest absolute Gasteiger partial charge is 0.326 e. The topological polar surface area (TPSA) is 82.1 Å². The number of nitrogens with zero attached hydrogens (tertiary/aromatic N) is 1. The molecule has 0 aromatic heterocycles. The molecule has 1 saturated heterocycles. The number of carbonyl (C=O) groups is 3. The van der Waals surface area contributed by atoms with Crippen LogP contribution in [0.3, 0.4) is 0 Å². The van der Waals surface area contributed by atoms with Crippen molar-refractivity contribution in [2.24, 2.45) is 5.92 Å². The zero-order chi connectivity index (χ0) is 19.3. The number of thioether (sulfide) groups is 1. The van der Waals surface area contributed by atoms with Crippen molar-refractivity contribution in [1.29, 1.82) is 0 Å². The number of hydrogen-bond acceptors (Lipinski definition) is 7. The van der Waals surface area contributed by atoms with Crippen LogP contribution in [0.5, 0.6) is 11.5 Å². The van der Waals surface area contributed by atoms with Crippen LogP contribution in [0.15, 0.2) is 23.1 Å². The van der Waals surface area contributed by atoms with Crippen LogP contribution in [0.25, 0.3) is 6.08 Å². The van der Waals surface area contributed by atoms with Gasteiger partial charge in [-0.2, -0.15) is 0 Å². The summed E-state index contributed by atoms with van der Waals surface area (Å²) < 4.78 is 15.5. The zero-order valence-electron chi connectivity index (χ0n) is 15.1. The van der Waals surface area contributed by atoms with E-state index in [-0.39, 0.29) is 17.4 Å². The summed E-state index contributed by atoms with van der Waals surface area (Å²) in [6, 6.07) is 5.13. The largest absolute Gasteiger partial charge is 0.497 e. The summed E-state index contributed by atoms with van der Waals surface area (Å²) in [5, 5.41) is -0.510. The van der Waals surface area contributed by atoms with E-state index in [9.17, 15) is 14.4 Å². The van der Waals surface area contributed by atoms with Gasteiger partial charge in [-0.05, 0) is 42.0 Å². The van der Waals surface area contributed by atoms with E-state index < -0.39 is 23.7 Å². The van der Waals surface area contributed by atoms with Gasteiger partial charge in [-0.3, -0.25) is 19.3 Å². The van der Waals surface area contributed by atoms with E-state index in [1.54, 1.807) is 24.3 Å². The molecule has 0 aliphatic carbocycles. The SMILES string of the molecule is COc1ccc(OC)c(/C=C2/SC(=O)N(CC(=O)OCC(C)C)C2=O)c1. The number of rotatable bonds is 7. The zero-order valence-corrected chi connectivity index (χ0v) is 15.9. The van der Waals surface area contributed by atoms with E-state index in [4.69, 9.17) is 14.2 Å². The fourth-order valence-corrected chi connectivity index (χ4v) is 2.99. The molecule has 26 heavy (non-hydrogen) atoms. The third kappa shape index (κ3) is 4.78. The maximum atomic E-state index is 12.5. The maximum Gasteiger partial charge on any atom is 0.326 e. The van der Waals surface area contributed by atoms with Crippen LogP contribution >= 0.6 is 11.8 Å². The fourth-order valence-electron chi connectivity index (χ4n) is 2.16. The summed E-state index contributed by atoms with van der Waals surface area (Å²) in [7, 11) is 3.04. The lowest BCUT2D eigenvalue weighted by atomic mass is 10.1. The third-order valence-electron chi connectivity index (χ3n) is 3.46. The highest BCUT2D eigenvalue weighted by Crippen LogP contribution is 2.35. The van der Waals surface area contributed by atoms with Crippen LogP contribution in [0.2, 0.25) is 0 Å². The van der Waals surface area contributed by atoms with Crippen molar-refractivity contribution in [3.05, 3.63) is 28.7 Å². The lowest BCUT2D eigenvalue weighted by Gasteiger charge is -2.12. The third-order valence-corrected chi connectivity index (χ3v) is 4.37. The van der Waals surface area contributed by atoms with E-state index in [1.807, 2.05) is 13.8 Å². The summed E-state index contributed by atoms with van der Waals surface area (Å²) >= 11 is 0.770. The second-order valence-electron chi connectivity index (χ2n) is 5.95. The molecule has 1 aliphatic rings. The molecule has 8 heteroatoms. The second-order valence-corrected chi connectivity index (χ2v) is 6.95. The molecule has 1 aromatic carbocycles. The Hall–Kier alpha value is -2.48. The van der Waals surface area contributed by atoms with Crippen LogP contribution < -0.4 is 9.47 Å². The number of esters is 1. The summed E-state index contributed by atoms with van der Waals surface area (Å²) in [5.74, 6) is 0.157. The van der Waals surface area contributed by atoms with Gasteiger partial charge in [-0.1, -0.05) is 13.8 Å². The molecular weight excluding hydrogens is 358 g/mol. The van der Waals surface area contributed by atoms with E-state index in [0.29, 0.717) is 17.1 Å². The van der Waals surface area contributed by atoms with E-state index in [2.05, 4.69) is 0 Å². The van der Waals surface area contributed by atoms with Crippen molar-refractivity contribution in [3.63, 3.8) is 0 Å². The molecule has 0 spiro atoms. The Morgan fingerprint density at radius 3 is 2.58 bits per heavy atom. The number of carbonyl (C=O) groups excluding carboxylic acids is 3. The standard InChI is InChI=1S/C18H21NO6S/c1-11(2)10-25-16(20)9-19-17(21)15(26-18(19)22)8-12-7-13(23-3)5-6-14(12)24-4/h5-8,11H,9-10H2,1-4H3/b15-8+. The minimum atomic E-state index is -0.610. The Morgan fingerprint density at radius 2 is 1.96 bits per heavy atom. The van der Waals surface area contributed by atoms with Gasteiger partial charge in [0.2, 0.25) is 0 Å². The minimum absolute atomic E-state index is 0.175. The predicted octanol–water partition coefficient (Wildman–Crippen LogP) is 2.94. The maximum absolute atomic E-state index is 12.5. The highest BCUT2D eigenvalue weighted by atomic mass is 32.2. The molecule has 0 unspecified atom stereocenters. The molecule has 0 saturated carbocycles. The molecule has 0 bridgehead atoms. The first-order valence-electron chi connectivity index (χ1n) is 7.98. The molecular formula is C18H21NO6S. The molecule has 0 N–H and O–H groups in total. The van der Waals surface area contributed by atoms with Gasteiger partial charge >= 0.3 is 5.97 Å². The van der Waals surface area contributed by atoms with Gasteiger partial charge < -0.3 is 14.2 Å². The fraction of sp³-hybridized carbons (Fsp3) is 0.389. The molecule has 1 aromatic rings. The Bertz CT molecular complexity index is 743. The Kier molecular flexibility index (Phi) is 6.68. The van der Waals surface area contributed by atoms with Crippen LogP contribution in [-0.4, -0.2) is 49.4 Å². The van der Waals surface area contributed by atoms with Gasteiger partial charge in [-0.15, -0.1) is 0 Å². The molecule has 0 atom stereocenters. The Labute approximate surface area is 156 Å². The van der Waals surface area contributed by atoms with Crippen LogP contribution in [0.4, 0.5) is 4.79 Å². The average molecular weight is 379 g/mol. The average Bonchev–Trinajstić information content (AvgIpc) is 2.87. The van der Waals surface area contributed by atoms with E-state index >= 15 is 0 Å². The molecule has 7 nitrogen and oxygen atoms in total. The lowest BCUT2D eigenvalue weighted by Crippen LogP contribution is -2.34. The van der Waals surface area contributed by atoms with Crippen molar-refractivity contribution >= 4 is 35.0 Å². The highest BCUT2D eigenvalue weighted by Gasteiger charge is 2.36. The van der Waals surface area contributed by atoms with Gasteiger partial charge in [0, 0.05) is 5.56 Å². The van der Waals surface area contributed by atoms with Crippen molar-refractivity contribution in [3.8, 4) is 11.5 Å². The number of ether oxygens (including phenoxy) is 3. The van der Waals surface area contributed by atoms with E-state index in [1.165, 1.54) is 14.2 Å². The van der Waals surface area contributed by atoms with Crippen molar-refractivity contribution in [2.75, 3.05) is 27.4 Å². The van der Waals surface area contributed by atoms with Crippen LogP contribution in [0, 0.1) is 5.92 Å². The first kappa shape index (κ1) is 19.8. The summed E-state index contributed by atoms with van der Waals surface area (Å²) in [6.45, 7) is 3.64. The predicted molar refractivity (Wildman–Crippen MR) is 98.0 cm³/mol. The number of benzene rings is 1. The van der Waals surface area contributed by atoms with Gasteiger partial charge in [-0.25, -0.2) is 0 Å². The Balaban J connectivity index is 2.17. The number of amides is 2. The Morgan fingerprint density at radius 1 is 1.23 bits per heavy atom. The quantitative estimate of drug-likeness (QED) is 0.532. The van der Waals surface area contributed by atoms with Gasteiger partial charge in [0.15, 0.2) is 0 Å². The first-order chi connectivity index (χ1) is 12.3. The van der Waals surface area contributed by atoms with E-state index in [0.717, 1.165) is 16.7 Å². The summed E-state index contributed by atoms with van der Waals surface area (Å²) in [6.07, 6.45) is 1.55. The summed E-state index contributed by atoms with van der Waals surface area (Å²) in [5.41, 5.74) is 0.597. The molecule has 140 valence electrons. The number of hydrogen-bond donors (Lipinski definition) is 0. The second kappa shape index (κ2) is 8.75. The van der Waals surface area contributed by atoms with Gasteiger partial charge in [0.25, 0.3) is 11.1 Å². The monoisotopic (exact) mass is 379 g/mol. The minimum Gasteiger partial charge on any atom is -0.497 e. The van der Waals surface area contributed by atoms with Crippen LogP contribution in [-0.2, 0) is 14.3 Å². The molecule has 1 heterocycles. The number of methoxy groups -OCH3 is 2. The van der Waals surface area contributed by atoms with Crippen molar-refractivity contribution < 1.29 is 28.6 Å². The number of imide groups is 1. The molecule has 1 aliphatic heterocycles. The highest BCUT2D eigenvalue weighted by molar-refractivity contribution is 8.18. The van der Waals surface area contributed by atoms with Crippen molar-refractivity contribution in [2.45, 2.75) is 13.8 Å². The lowest BCUT2D eigenvalue weighted by molar-refractivity contribution is -0.147. The first-order valence-corrected chi connectivity index (χ1v) is 8.80. The summed E-state index contributed by atoms with van der Waals surface area (Å²) in [4.78, 5) is 37.5. The van der Waals surface area contributed by atoms with Crippen LogP contribution in [0.1, 0.15) is 19.4 Å². The van der Waals surface area contributed by atoms with Crippen molar-refractivity contribution in [1.82, 2.24) is 4.90 Å². The normalized spacial score (nSPS) is 15.7. The van der Waals surface area contributed by atoms with Gasteiger partial charge in [0.1, 0.15) is 18.0 Å². The molecule has 2 amide bonds. The molecule has 2 rings (SSSR count). The molecule has 0 radical (unpaired) electrons. The van der Waals surface area contributed by atoms with Gasteiger partial charge in [0.05, 0.1) is 25.7 Å².